The molecule has 0 radical (unpaired) electrons. The largest absolute Gasteiger partial charge is 0.460 e. The van der Waals surface area contributed by atoms with Gasteiger partial charge in [-0.15, -0.1) is 11.6 Å². The maximum absolute atomic E-state index is 14.0. The van der Waals surface area contributed by atoms with Crippen molar-refractivity contribution < 1.29 is 23.9 Å². The molecule has 2 aromatic rings. The summed E-state index contributed by atoms with van der Waals surface area (Å²) in [6, 6.07) is 14.6. The first kappa shape index (κ1) is 34.3. The van der Waals surface area contributed by atoms with Crippen LogP contribution in [0, 0.1) is 0 Å². The SMILES string of the molecule is CCCCCCCC(CCC(C)Cl)OC(=O)C(Cl)(C(=O)Nc1ccccc1)C(=O)c1ccccc1NC(=O)CCC. The molecule has 2 N–H and O–H groups in total. The Morgan fingerprint density at radius 1 is 0.829 bits per heavy atom. The topological polar surface area (TPSA) is 102 Å². The van der Waals surface area contributed by atoms with Gasteiger partial charge in [-0.2, -0.15) is 0 Å². The molecule has 0 saturated heterocycles. The second-order valence-corrected chi connectivity index (χ2v) is 11.6. The molecular weight excluding hydrogens is 563 g/mol. The number of carbonyl (C=O) groups excluding carboxylic acids is 4. The Morgan fingerprint density at radius 2 is 1.49 bits per heavy atom. The van der Waals surface area contributed by atoms with Crippen LogP contribution in [0.15, 0.2) is 54.6 Å². The number of ketones is 1. The summed E-state index contributed by atoms with van der Waals surface area (Å²) in [7, 11) is 0. The van der Waals surface area contributed by atoms with Crippen LogP contribution in [0.2, 0.25) is 0 Å². The fourth-order valence-corrected chi connectivity index (χ4v) is 4.65. The number of esters is 1. The summed E-state index contributed by atoms with van der Waals surface area (Å²) in [6.07, 6.45) is 6.98. The zero-order valence-corrected chi connectivity index (χ0v) is 25.7. The van der Waals surface area contributed by atoms with Crippen molar-refractivity contribution >= 4 is 58.1 Å². The second kappa shape index (κ2) is 17.8. The van der Waals surface area contributed by atoms with Crippen LogP contribution in [0.3, 0.4) is 0 Å². The highest BCUT2D eigenvalue weighted by atomic mass is 35.5. The average Bonchev–Trinajstić information content (AvgIpc) is 2.95. The summed E-state index contributed by atoms with van der Waals surface area (Å²) >= 11 is 13.0. The van der Waals surface area contributed by atoms with Crippen molar-refractivity contribution in [3.8, 4) is 0 Å². The van der Waals surface area contributed by atoms with Gasteiger partial charge in [0.05, 0.1) is 5.69 Å². The van der Waals surface area contributed by atoms with Crippen molar-refractivity contribution in [1.29, 1.82) is 0 Å². The molecule has 2 rings (SSSR count). The van der Waals surface area contributed by atoms with Crippen molar-refractivity contribution in [2.75, 3.05) is 10.6 Å². The van der Waals surface area contributed by atoms with E-state index in [0.29, 0.717) is 31.4 Å². The van der Waals surface area contributed by atoms with Crippen LogP contribution in [-0.4, -0.2) is 39.9 Å². The molecule has 7 nitrogen and oxygen atoms in total. The van der Waals surface area contributed by atoms with E-state index in [9.17, 15) is 19.2 Å². The summed E-state index contributed by atoms with van der Waals surface area (Å²) in [5.74, 6) is -3.49. The van der Waals surface area contributed by atoms with E-state index in [0.717, 1.165) is 32.1 Å². The van der Waals surface area contributed by atoms with Gasteiger partial charge < -0.3 is 15.4 Å². The maximum Gasteiger partial charge on any atom is 0.345 e. The van der Waals surface area contributed by atoms with E-state index >= 15 is 0 Å². The lowest BCUT2D eigenvalue weighted by Crippen LogP contribution is -2.53. The second-order valence-electron chi connectivity index (χ2n) is 10.2. The van der Waals surface area contributed by atoms with Crippen molar-refractivity contribution in [1.82, 2.24) is 0 Å². The van der Waals surface area contributed by atoms with Crippen LogP contribution in [0.1, 0.15) is 95.3 Å². The summed E-state index contributed by atoms with van der Waals surface area (Å²) in [6.45, 7) is 5.85. The molecule has 0 aliphatic heterocycles. The Balaban J connectivity index is 2.42. The van der Waals surface area contributed by atoms with E-state index in [-0.39, 0.29) is 29.0 Å². The number of hydrogen-bond acceptors (Lipinski definition) is 5. The molecule has 0 heterocycles. The number of para-hydroxylation sites is 2. The zero-order chi connectivity index (χ0) is 30.3. The number of carbonyl (C=O) groups is 4. The highest BCUT2D eigenvalue weighted by molar-refractivity contribution is 6.60. The first-order chi connectivity index (χ1) is 19.6. The number of ether oxygens (including phenoxy) is 1. The first-order valence-corrected chi connectivity index (χ1v) is 15.3. The number of hydrogen-bond donors (Lipinski definition) is 2. The number of benzene rings is 2. The Labute approximate surface area is 253 Å². The third-order valence-corrected chi connectivity index (χ3v) is 7.37. The molecule has 0 aliphatic carbocycles. The molecule has 3 atom stereocenters. The summed E-state index contributed by atoms with van der Waals surface area (Å²) in [5, 5.41) is 5.14. The molecule has 224 valence electrons. The fraction of sp³-hybridized carbons (Fsp3) is 0.500. The van der Waals surface area contributed by atoms with E-state index in [1.54, 1.807) is 42.5 Å². The lowest BCUT2D eigenvalue weighted by atomic mass is 9.93. The highest BCUT2D eigenvalue weighted by Gasteiger charge is 2.54. The molecule has 2 amide bonds. The van der Waals surface area contributed by atoms with Crippen LogP contribution < -0.4 is 10.6 Å². The molecule has 0 aromatic heterocycles. The molecule has 41 heavy (non-hydrogen) atoms. The Hall–Kier alpha value is -2.90. The van der Waals surface area contributed by atoms with Crippen LogP contribution in [0.25, 0.3) is 0 Å². The van der Waals surface area contributed by atoms with Crippen LogP contribution in [0.5, 0.6) is 0 Å². The number of alkyl halides is 2. The average molecular weight is 606 g/mol. The standard InChI is InChI=1S/C32H42Cl2N2O5/c1-4-6-7-8-12-18-25(22-21-23(3)33)41-31(40)32(34,30(39)35-24-16-10-9-11-17-24)29(38)26-19-13-14-20-27(26)36-28(37)15-5-2/h9-11,13-14,16-17,19-20,23,25H,4-8,12,15,18,21-22H2,1-3H3,(H,35,39)(H,36,37). The maximum atomic E-state index is 14.0. The first-order valence-electron chi connectivity index (χ1n) is 14.5. The van der Waals surface area contributed by atoms with E-state index in [1.807, 2.05) is 13.8 Å². The quantitative estimate of drug-likeness (QED) is 0.0591. The van der Waals surface area contributed by atoms with Gasteiger partial charge in [0.2, 0.25) is 11.7 Å². The summed E-state index contributed by atoms with van der Waals surface area (Å²) in [5.41, 5.74) is 0.443. The van der Waals surface area contributed by atoms with Crippen LogP contribution in [0.4, 0.5) is 11.4 Å². The highest BCUT2D eigenvalue weighted by Crippen LogP contribution is 2.31. The van der Waals surface area contributed by atoms with Gasteiger partial charge >= 0.3 is 5.97 Å². The minimum absolute atomic E-state index is 0.0717. The molecular formula is C32H42Cl2N2O5. The number of halogens is 2. The molecule has 3 unspecified atom stereocenters. The van der Waals surface area contributed by atoms with E-state index in [2.05, 4.69) is 17.6 Å². The molecule has 9 heteroatoms. The van der Waals surface area contributed by atoms with Crippen molar-refractivity contribution in [3.05, 3.63) is 60.2 Å². The van der Waals surface area contributed by atoms with E-state index < -0.39 is 28.6 Å². The lowest BCUT2D eigenvalue weighted by Gasteiger charge is -2.27. The molecule has 0 fully saturated rings. The number of Topliss-reactive ketones (excluding diaryl/α,β-unsaturated/α-hetero) is 1. The smallest absolute Gasteiger partial charge is 0.345 e. The Kier molecular flexibility index (Phi) is 14.9. The normalized spacial score (nSPS) is 13.9. The zero-order valence-electron chi connectivity index (χ0n) is 24.2. The number of amides is 2. The Morgan fingerprint density at radius 3 is 2.15 bits per heavy atom. The predicted octanol–water partition coefficient (Wildman–Crippen LogP) is 7.90. The number of nitrogens with one attached hydrogen (secondary N) is 2. The van der Waals surface area contributed by atoms with Gasteiger partial charge in [0.25, 0.3) is 10.8 Å². The Bertz CT molecular complexity index is 1140. The molecule has 2 aromatic carbocycles. The minimum Gasteiger partial charge on any atom is -0.460 e. The van der Waals surface area contributed by atoms with E-state index in [1.165, 1.54) is 12.1 Å². The number of anilines is 2. The molecule has 0 saturated carbocycles. The van der Waals surface area contributed by atoms with Gasteiger partial charge in [-0.25, -0.2) is 4.79 Å². The van der Waals surface area contributed by atoms with Gasteiger partial charge in [0, 0.05) is 23.0 Å². The molecule has 0 bridgehead atoms. The van der Waals surface area contributed by atoms with Crippen molar-refractivity contribution in [3.63, 3.8) is 0 Å². The van der Waals surface area contributed by atoms with Gasteiger partial charge in [-0.3, -0.25) is 14.4 Å². The van der Waals surface area contributed by atoms with Crippen molar-refractivity contribution in [2.45, 2.75) is 101 Å². The summed E-state index contributed by atoms with van der Waals surface area (Å²) < 4.78 is 5.84. The molecule has 0 aliphatic rings. The lowest BCUT2D eigenvalue weighted by molar-refractivity contribution is -0.153. The van der Waals surface area contributed by atoms with Crippen molar-refractivity contribution in [2.24, 2.45) is 0 Å². The van der Waals surface area contributed by atoms with Gasteiger partial charge in [0.15, 0.2) is 0 Å². The van der Waals surface area contributed by atoms with Gasteiger partial charge in [-0.1, -0.05) is 81.5 Å². The predicted molar refractivity (Wildman–Crippen MR) is 166 cm³/mol. The number of rotatable bonds is 18. The summed E-state index contributed by atoms with van der Waals surface area (Å²) in [4.78, 5) is 51.0. The van der Waals surface area contributed by atoms with Gasteiger partial charge in [0.1, 0.15) is 6.10 Å². The third kappa shape index (κ3) is 10.8. The number of unbranched alkanes of at least 4 members (excludes halogenated alkanes) is 4. The van der Waals surface area contributed by atoms with Crippen LogP contribution >= 0.6 is 23.2 Å². The minimum atomic E-state index is -2.74. The van der Waals surface area contributed by atoms with Crippen LogP contribution in [-0.2, 0) is 19.1 Å². The third-order valence-electron chi connectivity index (χ3n) is 6.65. The monoisotopic (exact) mass is 604 g/mol. The van der Waals surface area contributed by atoms with Gasteiger partial charge in [-0.05, 0) is 63.3 Å². The molecule has 0 spiro atoms. The fourth-order valence-electron chi connectivity index (χ4n) is 4.33. The van der Waals surface area contributed by atoms with E-state index in [4.69, 9.17) is 27.9 Å².